The van der Waals surface area contributed by atoms with Crippen LogP contribution in [0.15, 0.2) is 24.3 Å². The van der Waals surface area contributed by atoms with Crippen molar-refractivity contribution in [2.24, 2.45) is 17.1 Å². The van der Waals surface area contributed by atoms with E-state index in [4.69, 9.17) is 10.7 Å². The highest BCUT2D eigenvalue weighted by Gasteiger charge is 2.26. The average molecular weight is 352 g/mol. The van der Waals surface area contributed by atoms with Crippen LogP contribution in [0.25, 0.3) is 11.1 Å². The number of aromatic nitrogens is 1. The zero-order valence-corrected chi connectivity index (χ0v) is 17.1. The summed E-state index contributed by atoms with van der Waals surface area (Å²) in [4.78, 5) is 17.1. The van der Waals surface area contributed by atoms with Gasteiger partial charge in [0.15, 0.2) is 0 Å². The van der Waals surface area contributed by atoms with Gasteiger partial charge >= 0.3 is 0 Å². The van der Waals surface area contributed by atoms with Gasteiger partial charge in [0.1, 0.15) is 0 Å². The fourth-order valence-electron chi connectivity index (χ4n) is 3.23. The molecule has 2 rings (SSSR count). The molecule has 3 nitrogen and oxygen atoms in total. The van der Waals surface area contributed by atoms with Crippen LogP contribution < -0.4 is 5.73 Å². The van der Waals surface area contributed by atoms with E-state index in [9.17, 15) is 4.79 Å². The van der Waals surface area contributed by atoms with Crippen LogP contribution in [0, 0.1) is 31.6 Å². The minimum atomic E-state index is -0.426. The first-order chi connectivity index (χ1) is 12.0. The van der Waals surface area contributed by atoms with Gasteiger partial charge in [-0.2, -0.15) is 0 Å². The molecule has 0 fully saturated rings. The van der Waals surface area contributed by atoms with Gasteiger partial charge in [-0.15, -0.1) is 0 Å². The lowest BCUT2D eigenvalue weighted by molar-refractivity contribution is 0.1000. The Kier molecular flexibility index (Phi) is 5.90. The first-order valence-corrected chi connectivity index (χ1v) is 9.26. The number of pyridine rings is 1. The molecule has 0 aliphatic carbocycles. The van der Waals surface area contributed by atoms with Crippen molar-refractivity contribution >= 4 is 5.91 Å². The second-order valence-corrected chi connectivity index (χ2v) is 8.65. The van der Waals surface area contributed by atoms with E-state index in [2.05, 4.69) is 72.2 Å². The minimum absolute atomic E-state index is 0.0446. The number of benzene rings is 1. The number of aryl methyl sites for hydroxylation is 2. The largest absolute Gasteiger partial charge is 0.366 e. The lowest BCUT2D eigenvalue weighted by atomic mass is 9.81. The highest BCUT2D eigenvalue weighted by Crippen LogP contribution is 2.37. The van der Waals surface area contributed by atoms with Crippen LogP contribution in [-0.4, -0.2) is 10.9 Å². The van der Waals surface area contributed by atoms with Crippen molar-refractivity contribution in [3.8, 4) is 11.1 Å². The van der Waals surface area contributed by atoms with Crippen molar-refractivity contribution in [2.45, 2.75) is 54.9 Å². The molecule has 0 atom stereocenters. The summed E-state index contributed by atoms with van der Waals surface area (Å²) in [6.45, 7) is 14.8. The van der Waals surface area contributed by atoms with Gasteiger partial charge in [0.2, 0.25) is 0 Å². The molecule has 0 bridgehead atoms. The third-order valence-corrected chi connectivity index (χ3v) is 4.26. The van der Waals surface area contributed by atoms with Crippen molar-refractivity contribution in [3.05, 3.63) is 58.8 Å². The van der Waals surface area contributed by atoms with Gasteiger partial charge in [0, 0.05) is 11.3 Å². The Hall–Kier alpha value is -2.16. The molecule has 0 aliphatic rings. The summed E-state index contributed by atoms with van der Waals surface area (Å²) in [5.74, 6) is 0.0459. The van der Waals surface area contributed by atoms with Crippen molar-refractivity contribution < 1.29 is 4.79 Å². The molecule has 1 aromatic heterocycles. The topological polar surface area (TPSA) is 56.0 Å². The van der Waals surface area contributed by atoms with E-state index in [1.165, 1.54) is 5.56 Å². The predicted octanol–water partition coefficient (Wildman–Crippen LogP) is 5.26. The SMILES string of the molecule is Cc1ccc(-c2c([CH]C(C)(C)C)c(CC(C)C)nc(C)c2C(N)=O)cc1. The zero-order chi connectivity index (χ0) is 19.6. The molecule has 0 spiro atoms. The molecule has 2 aromatic rings. The van der Waals surface area contributed by atoms with E-state index in [0.717, 1.165) is 28.8 Å². The zero-order valence-electron chi connectivity index (χ0n) is 17.1. The molecule has 139 valence electrons. The summed E-state index contributed by atoms with van der Waals surface area (Å²) in [6.07, 6.45) is 3.08. The Morgan fingerprint density at radius 1 is 1.15 bits per heavy atom. The first-order valence-electron chi connectivity index (χ1n) is 9.26. The van der Waals surface area contributed by atoms with Gasteiger partial charge in [-0.05, 0) is 49.1 Å². The number of rotatable bonds is 5. The Bertz CT molecular complexity index is 796. The number of carbonyl (C=O) groups excluding carboxylic acids is 1. The number of nitrogens with zero attached hydrogens (tertiary/aromatic N) is 1. The summed E-state index contributed by atoms with van der Waals surface area (Å²) in [5.41, 5.74) is 12.1. The van der Waals surface area contributed by atoms with Crippen molar-refractivity contribution in [1.82, 2.24) is 4.98 Å². The number of hydrogen-bond donors (Lipinski definition) is 1. The van der Waals surface area contributed by atoms with Gasteiger partial charge in [-0.3, -0.25) is 9.78 Å². The Morgan fingerprint density at radius 3 is 2.19 bits per heavy atom. The van der Waals surface area contributed by atoms with Crippen molar-refractivity contribution in [2.75, 3.05) is 0 Å². The van der Waals surface area contributed by atoms with Gasteiger partial charge in [-0.1, -0.05) is 64.4 Å². The molecular weight excluding hydrogens is 320 g/mol. The Morgan fingerprint density at radius 2 is 1.73 bits per heavy atom. The smallest absolute Gasteiger partial charge is 0.251 e. The van der Waals surface area contributed by atoms with Gasteiger partial charge in [-0.25, -0.2) is 0 Å². The normalized spacial score (nSPS) is 11.8. The van der Waals surface area contributed by atoms with Gasteiger partial charge in [0.25, 0.3) is 5.91 Å². The van der Waals surface area contributed by atoms with E-state index < -0.39 is 5.91 Å². The molecule has 1 radical (unpaired) electrons. The maximum Gasteiger partial charge on any atom is 0.251 e. The molecule has 2 N–H and O–H groups in total. The molecule has 1 amide bonds. The first kappa shape index (κ1) is 20.2. The van der Waals surface area contributed by atoms with Gasteiger partial charge < -0.3 is 5.73 Å². The van der Waals surface area contributed by atoms with Crippen LogP contribution >= 0.6 is 0 Å². The van der Waals surface area contributed by atoms with E-state index in [1.54, 1.807) is 0 Å². The summed E-state index contributed by atoms with van der Waals surface area (Å²) in [7, 11) is 0. The summed E-state index contributed by atoms with van der Waals surface area (Å²) in [5, 5.41) is 0. The number of carbonyl (C=O) groups is 1. The summed E-state index contributed by atoms with van der Waals surface area (Å²) < 4.78 is 0. The highest BCUT2D eigenvalue weighted by molar-refractivity contribution is 6.02. The van der Waals surface area contributed by atoms with Gasteiger partial charge in [0.05, 0.1) is 11.3 Å². The van der Waals surface area contributed by atoms with Crippen LogP contribution in [0.5, 0.6) is 0 Å². The average Bonchev–Trinajstić information content (AvgIpc) is 2.48. The molecule has 1 heterocycles. The highest BCUT2D eigenvalue weighted by atomic mass is 16.1. The molecule has 0 aliphatic heterocycles. The van der Waals surface area contributed by atoms with E-state index >= 15 is 0 Å². The molecular formula is C23H31N2O. The van der Waals surface area contributed by atoms with Crippen LogP contribution in [0.3, 0.4) is 0 Å². The molecule has 3 heteroatoms. The van der Waals surface area contributed by atoms with E-state index in [-0.39, 0.29) is 5.41 Å². The summed E-state index contributed by atoms with van der Waals surface area (Å²) >= 11 is 0. The number of hydrogen-bond acceptors (Lipinski definition) is 2. The van der Waals surface area contributed by atoms with Crippen LogP contribution in [0.1, 0.15) is 67.5 Å². The van der Waals surface area contributed by atoms with Crippen LogP contribution in [-0.2, 0) is 6.42 Å². The molecule has 0 saturated carbocycles. The number of amides is 1. The molecule has 26 heavy (non-hydrogen) atoms. The fraction of sp³-hybridized carbons (Fsp3) is 0.435. The fourth-order valence-corrected chi connectivity index (χ4v) is 3.23. The number of nitrogens with two attached hydrogens (primary N) is 1. The second kappa shape index (κ2) is 7.61. The maximum absolute atomic E-state index is 12.3. The second-order valence-electron chi connectivity index (χ2n) is 8.65. The Balaban J connectivity index is 2.86. The standard InChI is InChI=1S/C23H31N2O/c1-14(2)12-19-18(13-23(5,6)7)21(17-10-8-15(3)9-11-17)20(22(24)26)16(4)25-19/h8-11,13-14H,12H2,1-7H3,(H2,24,26). The van der Waals surface area contributed by atoms with E-state index in [0.29, 0.717) is 17.2 Å². The van der Waals surface area contributed by atoms with E-state index in [1.807, 2.05) is 6.92 Å². The third kappa shape index (κ3) is 4.72. The molecule has 0 saturated heterocycles. The molecule has 0 unspecified atom stereocenters. The summed E-state index contributed by atoms with van der Waals surface area (Å²) in [6, 6.07) is 8.27. The lowest BCUT2D eigenvalue weighted by Gasteiger charge is -2.25. The molecule has 1 aromatic carbocycles. The number of primary amides is 1. The predicted molar refractivity (Wildman–Crippen MR) is 109 cm³/mol. The maximum atomic E-state index is 12.3. The third-order valence-electron chi connectivity index (χ3n) is 4.26. The van der Waals surface area contributed by atoms with Crippen molar-refractivity contribution in [3.63, 3.8) is 0 Å². The van der Waals surface area contributed by atoms with Crippen LogP contribution in [0.4, 0.5) is 0 Å². The monoisotopic (exact) mass is 351 g/mol. The van der Waals surface area contributed by atoms with Crippen molar-refractivity contribution in [1.29, 1.82) is 0 Å². The minimum Gasteiger partial charge on any atom is -0.366 e. The Labute approximate surface area is 158 Å². The quantitative estimate of drug-likeness (QED) is 0.798. The lowest BCUT2D eigenvalue weighted by Crippen LogP contribution is -2.20. The van der Waals surface area contributed by atoms with Crippen LogP contribution in [0.2, 0.25) is 0 Å².